The van der Waals surface area contributed by atoms with E-state index in [1.807, 2.05) is 24.3 Å². The Kier molecular flexibility index (Phi) is 8.14. The van der Waals surface area contributed by atoms with Crippen LogP contribution in [0.5, 0.6) is 5.75 Å². The minimum Gasteiger partial charge on any atom is -0.481 e. The fourth-order valence-corrected chi connectivity index (χ4v) is 3.38. The number of aromatic nitrogens is 5. The molecule has 168 valence electrons. The number of thioether (sulfide) groups is 1. The third-order valence-corrected chi connectivity index (χ3v) is 5.53. The van der Waals surface area contributed by atoms with Gasteiger partial charge in [-0.3, -0.25) is 14.9 Å². The number of amides is 2. The van der Waals surface area contributed by atoms with Crippen LogP contribution in [0.1, 0.15) is 25.2 Å². The van der Waals surface area contributed by atoms with Crippen molar-refractivity contribution >= 4 is 29.5 Å². The molecule has 2 aromatic heterocycles. The monoisotopic (exact) mass is 455 g/mol. The van der Waals surface area contributed by atoms with E-state index in [2.05, 4.69) is 37.7 Å². The number of nitrogens with zero attached hydrogens (tertiary/aromatic N) is 5. The highest BCUT2D eigenvalue weighted by Gasteiger charge is 2.17. The third kappa shape index (κ3) is 6.51. The van der Waals surface area contributed by atoms with Crippen molar-refractivity contribution in [2.75, 3.05) is 11.1 Å². The summed E-state index contributed by atoms with van der Waals surface area (Å²) in [5, 5.41) is 14.1. The highest BCUT2D eigenvalue weighted by Crippen LogP contribution is 2.16. The molecular weight excluding hydrogens is 430 g/mol. The highest BCUT2D eigenvalue weighted by molar-refractivity contribution is 7.99. The number of rotatable bonds is 10. The van der Waals surface area contributed by atoms with Gasteiger partial charge in [0, 0.05) is 19.4 Å². The second-order valence-electron chi connectivity index (χ2n) is 6.84. The summed E-state index contributed by atoms with van der Waals surface area (Å²) in [6.45, 7) is 3.96. The van der Waals surface area contributed by atoms with Crippen LogP contribution in [-0.2, 0) is 29.6 Å². The van der Waals surface area contributed by atoms with Gasteiger partial charge >= 0.3 is 0 Å². The number of nitrogens with one attached hydrogen (secondary N) is 2. The van der Waals surface area contributed by atoms with Crippen molar-refractivity contribution in [3.63, 3.8) is 0 Å². The summed E-state index contributed by atoms with van der Waals surface area (Å²) in [5.41, 5.74) is 1.20. The van der Waals surface area contributed by atoms with Gasteiger partial charge in [0.2, 0.25) is 11.9 Å². The van der Waals surface area contributed by atoms with Gasteiger partial charge in [0.15, 0.2) is 17.1 Å². The molecule has 0 aliphatic carbocycles. The molecule has 0 aliphatic heterocycles. The number of ether oxygens (including phenoxy) is 1. The van der Waals surface area contributed by atoms with E-state index in [4.69, 9.17) is 4.74 Å². The molecule has 0 bridgehead atoms. The lowest BCUT2D eigenvalue weighted by Gasteiger charge is -2.15. The second-order valence-corrected chi connectivity index (χ2v) is 7.78. The molecule has 1 aromatic carbocycles. The summed E-state index contributed by atoms with van der Waals surface area (Å²) in [6.07, 6.45) is 3.38. The van der Waals surface area contributed by atoms with E-state index >= 15 is 0 Å². The zero-order valence-corrected chi connectivity index (χ0v) is 18.9. The normalized spacial score (nSPS) is 11.6. The van der Waals surface area contributed by atoms with Gasteiger partial charge in [-0.1, -0.05) is 30.8 Å². The van der Waals surface area contributed by atoms with E-state index < -0.39 is 6.10 Å². The van der Waals surface area contributed by atoms with Crippen LogP contribution in [0, 0.1) is 0 Å². The number of hydrogen-bond donors (Lipinski definition) is 2. The van der Waals surface area contributed by atoms with Gasteiger partial charge < -0.3 is 14.6 Å². The predicted octanol–water partition coefficient (Wildman–Crippen LogP) is 1.98. The number of aryl methyl sites for hydroxylation is 1. The maximum Gasteiger partial charge on any atom is 0.261 e. The molecule has 11 heteroatoms. The largest absolute Gasteiger partial charge is 0.481 e. The van der Waals surface area contributed by atoms with Gasteiger partial charge in [-0.25, -0.2) is 9.97 Å². The Morgan fingerprint density at radius 3 is 2.56 bits per heavy atom. The van der Waals surface area contributed by atoms with E-state index in [0.29, 0.717) is 16.7 Å². The van der Waals surface area contributed by atoms with Crippen molar-refractivity contribution in [3.8, 4) is 5.75 Å². The van der Waals surface area contributed by atoms with Crippen LogP contribution in [0.3, 0.4) is 0 Å². The zero-order chi connectivity index (χ0) is 22.9. The quantitative estimate of drug-likeness (QED) is 0.445. The van der Waals surface area contributed by atoms with Crippen molar-refractivity contribution in [3.05, 3.63) is 54.1 Å². The molecule has 0 aliphatic rings. The summed E-state index contributed by atoms with van der Waals surface area (Å²) >= 11 is 1.22. The molecule has 0 fully saturated rings. The minimum atomic E-state index is -0.659. The molecule has 2 heterocycles. The zero-order valence-electron chi connectivity index (χ0n) is 18.1. The maximum absolute atomic E-state index is 12.4. The maximum atomic E-state index is 12.4. The Morgan fingerprint density at radius 2 is 1.88 bits per heavy atom. The molecule has 32 heavy (non-hydrogen) atoms. The van der Waals surface area contributed by atoms with Crippen LogP contribution in [0.4, 0.5) is 5.95 Å². The first kappa shape index (κ1) is 23.2. The average Bonchev–Trinajstić information content (AvgIpc) is 3.16. The SMILES string of the molecule is CCc1ccc(OC(C)C(=O)NCc2nnc(SCC(=O)Nc3ncccn3)n2C)cc1. The number of carbonyl (C=O) groups is 2. The van der Waals surface area contributed by atoms with E-state index in [-0.39, 0.29) is 30.1 Å². The van der Waals surface area contributed by atoms with Crippen molar-refractivity contribution in [1.29, 1.82) is 0 Å². The van der Waals surface area contributed by atoms with Crippen LogP contribution in [0.25, 0.3) is 0 Å². The van der Waals surface area contributed by atoms with Crippen molar-refractivity contribution < 1.29 is 14.3 Å². The fraction of sp³-hybridized carbons (Fsp3) is 0.333. The number of benzene rings is 1. The minimum absolute atomic E-state index is 0.123. The Bertz CT molecular complexity index is 1040. The Hall–Kier alpha value is -3.47. The van der Waals surface area contributed by atoms with Crippen LogP contribution in [-0.4, -0.2) is 48.4 Å². The number of hydrogen-bond acceptors (Lipinski definition) is 8. The molecule has 3 aromatic rings. The number of anilines is 1. The Balaban J connectivity index is 1.46. The summed E-state index contributed by atoms with van der Waals surface area (Å²) in [5.74, 6) is 1.06. The highest BCUT2D eigenvalue weighted by atomic mass is 32.2. The lowest BCUT2D eigenvalue weighted by molar-refractivity contribution is -0.127. The Morgan fingerprint density at radius 1 is 1.16 bits per heavy atom. The van der Waals surface area contributed by atoms with Crippen molar-refractivity contribution in [2.24, 2.45) is 7.05 Å². The van der Waals surface area contributed by atoms with Crippen LogP contribution < -0.4 is 15.4 Å². The van der Waals surface area contributed by atoms with E-state index in [0.717, 1.165) is 6.42 Å². The topological polar surface area (TPSA) is 124 Å². The molecule has 0 radical (unpaired) electrons. The first-order chi connectivity index (χ1) is 15.5. The van der Waals surface area contributed by atoms with Gasteiger partial charge in [-0.15, -0.1) is 10.2 Å². The van der Waals surface area contributed by atoms with E-state index in [1.165, 1.54) is 17.3 Å². The molecule has 1 unspecified atom stereocenters. The standard InChI is InChI=1S/C21H25N7O3S/c1-4-15-6-8-16(9-7-15)31-14(2)19(30)24-12-17-26-27-21(28(17)3)32-13-18(29)25-20-22-10-5-11-23-20/h5-11,14H,4,12-13H2,1-3H3,(H,24,30)(H,22,23,25,29). The first-order valence-electron chi connectivity index (χ1n) is 10.1. The predicted molar refractivity (Wildman–Crippen MR) is 120 cm³/mol. The van der Waals surface area contributed by atoms with Gasteiger partial charge in [-0.2, -0.15) is 0 Å². The molecular formula is C21H25N7O3S. The third-order valence-electron chi connectivity index (χ3n) is 4.51. The summed E-state index contributed by atoms with van der Waals surface area (Å²) < 4.78 is 7.43. The molecule has 2 N–H and O–H groups in total. The van der Waals surface area contributed by atoms with E-state index in [9.17, 15) is 9.59 Å². The first-order valence-corrected chi connectivity index (χ1v) is 11.1. The Labute approximate surface area is 190 Å². The summed E-state index contributed by atoms with van der Waals surface area (Å²) in [6, 6.07) is 9.34. The van der Waals surface area contributed by atoms with Crippen LogP contribution in [0.15, 0.2) is 47.9 Å². The van der Waals surface area contributed by atoms with Crippen LogP contribution in [0.2, 0.25) is 0 Å². The summed E-state index contributed by atoms with van der Waals surface area (Å²) in [7, 11) is 1.78. The van der Waals surface area contributed by atoms with Gasteiger partial charge in [0.25, 0.3) is 5.91 Å². The lowest BCUT2D eigenvalue weighted by atomic mass is 10.2. The van der Waals surface area contributed by atoms with E-state index in [1.54, 1.807) is 37.0 Å². The molecule has 10 nitrogen and oxygen atoms in total. The molecule has 0 spiro atoms. The van der Waals surface area contributed by atoms with Gasteiger partial charge in [0.1, 0.15) is 5.75 Å². The molecule has 1 atom stereocenters. The van der Waals surface area contributed by atoms with Gasteiger partial charge in [-0.05, 0) is 37.1 Å². The van der Waals surface area contributed by atoms with Crippen LogP contribution >= 0.6 is 11.8 Å². The molecule has 0 saturated carbocycles. The van der Waals surface area contributed by atoms with Crippen molar-refractivity contribution in [1.82, 2.24) is 30.0 Å². The number of carbonyl (C=O) groups excluding carboxylic acids is 2. The molecule has 0 saturated heterocycles. The average molecular weight is 456 g/mol. The molecule has 2 amide bonds. The smallest absolute Gasteiger partial charge is 0.261 e. The van der Waals surface area contributed by atoms with Gasteiger partial charge in [0.05, 0.1) is 12.3 Å². The molecule has 3 rings (SSSR count). The second kappa shape index (κ2) is 11.2. The van der Waals surface area contributed by atoms with Crippen molar-refractivity contribution in [2.45, 2.75) is 38.1 Å². The summed E-state index contributed by atoms with van der Waals surface area (Å²) in [4.78, 5) is 32.3. The fourth-order valence-electron chi connectivity index (χ4n) is 2.65. The lowest BCUT2D eigenvalue weighted by Crippen LogP contribution is -2.36.